The van der Waals surface area contributed by atoms with Gasteiger partial charge in [0.15, 0.2) is 0 Å². The summed E-state index contributed by atoms with van der Waals surface area (Å²) in [7, 11) is 3.10. The second kappa shape index (κ2) is 5.92. The maximum Gasteiger partial charge on any atom is 0.337 e. The van der Waals surface area contributed by atoms with Crippen LogP contribution in [0.1, 0.15) is 33.2 Å². The second-order valence-electron chi connectivity index (χ2n) is 4.85. The van der Waals surface area contributed by atoms with Crippen molar-refractivity contribution in [2.75, 3.05) is 14.2 Å². The van der Waals surface area contributed by atoms with Crippen LogP contribution in [0.5, 0.6) is 0 Å². The van der Waals surface area contributed by atoms with E-state index in [0.29, 0.717) is 5.56 Å². The van der Waals surface area contributed by atoms with Crippen molar-refractivity contribution in [1.82, 2.24) is 0 Å². The van der Waals surface area contributed by atoms with Crippen LogP contribution in [0, 0.1) is 0 Å². The van der Waals surface area contributed by atoms with Crippen LogP contribution in [0.4, 0.5) is 0 Å². The number of ether oxygens (including phenoxy) is 2. The standard InChI is InChI=1S/C17H16O3S/c1-19-16-13-6-4-3-5-12(13)10-21-15-8-7-11(9-14(15)16)17(18)20-2/h3-9,16H,10H2,1-2H3/t16-/m1/s1. The highest BCUT2D eigenvalue weighted by atomic mass is 32.2. The molecule has 0 saturated carbocycles. The number of fused-ring (bicyclic) bond motifs is 2. The first-order valence-corrected chi connectivity index (χ1v) is 7.69. The normalized spacial score (nSPS) is 16.6. The second-order valence-corrected chi connectivity index (χ2v) is 5.86. The Balaban J connectivity index is 2.14. The van der Waals surface area contributed by atoms with Crippen molar-refractivity contribution < 1.29 is 14.3 Å². The number of carbonyl (C=O) groups excluding carboxylic acids is 1. The molecule has 0 amide bonds. The Morgan fingerprint density at radius 3 is 2.71 bits per heavy atom. The molecule has 3 nitrogen and oxygen atoms in total. The molecule has 3 rings (SSSR count). The molecule has 0 N–H and O–H groups in total. The third kappa shape index (κ3) is 2.57. The molecule has 4 heteroatoms. The fourth-order valence-electron chi connectivity index (χ4n) is 2.63. The zero-order valence-electron chi connectivity index (χ0n) is 12.0. The minimum absolute atomic E-state index is 0.157. The van der Waals surface area contributed by atoms with Crippen molar-refractivity contribution in [1.29, 1.82) is 0 Å². The molecule has 1 heterocycles. The van der Waals surface area contributed by atoms with Gasteiger partial charge in [0.05, 0.1) is 12.7 Å². The monoisotopic (exact) mass is 300 g/mol. The maximum absolute atomic E-state index is 11.8. The highest BCUT2D eigenvalue weighted by Crippen LogP contribution is 2.41. The third-order valence-corrected chi connectivity index (χ3v) is 4.81. The summed E-state index contributed by atoms with van der Waals surface area (Å²) in [6.07, 6.45) is -0.157. The third-order valence-electron chi connectivity index (χ3n) is 3.67. The van der Waals surface area contributed by atoms with E-state index < -0.39 is 0 Å². The van der Waals surface area contributed by atoms with Crippen molar-refractivity contribution in [2.24, 2.45) is 0 Å². The fourth-order valence-corrected chi connectivity index (χ4v) is 3.70. The Hall–Kier alpha value is -1.78. The summed E-state index contributed by atoms with van der Waals surface area (Å²) in [5.74, 6) is 0.579. The number of hydrogen-bond donors (Lipinski definition) is 0. The first-order chi connectivity index (χ1) is 10.2. The summed E-state index contributed by atoms with van der Waals surface area (Å²) in [6, 6.07) is 13.9. The van der Waals surface area contributed by atoms with E-state index in [1.807, 2.05) is 24.3 Å². The van der Waals surface area contributed by atoms with Crippen molar-refractivity contribution in [3.05, 3.63) is 64.7 Å². The molecule has 0 radical (unpaired) electrons. The van der Waals surface area contributed by atoms with E-state index >= 15 is 0 Å². The Morgan fingerprint density at radius 1 is 1.14 bits per heavy atom. The molecule has 0 aromatic heterocycles. The van der Waals surface area contributed by atoms with Gasteiger partial charge in [-0.1, -0.05) is 24.3 Å². The van der Waals surface area contributed by atoms with E-state index in [2.05, 4.69) is 12.1 Å². The van der Waals surface area contributed by atoms with Gasteiger partial charge in [-0.05, 0) is 34.9 Å². The molecule has 2 aromatic carbocycles. The molecule has 2 aromatic rings. The Bertz CT molecular complexity index is 681. The lowest BCUT2D eigenvalue weighted by Gasteiger charge is -2.18. The number of carbonyl (C=O) groups is 1. The van der Waals surface area contributed by atoms with Gasteiger partial charge in [-0.25, -0.2) is 4.79 Å². The van der Waals surface area contributed by atoms with E-state index in [1.165, 1.54) is 12.7 Å². The molecule has 0 aliphatic carbocycles. The van der Waals surface area contributed by atoms with Crippen LogP contribution in [0.15, 0.2) is 47.4 Å². The topological polar surface area (TPSA) is 35.5 Å². The molecule has 1 atom stereocenters. The van der Waals surface area contributed by atoms with Crippen LogP contribution in [0.25, 0.3) is 0 Å². The van der Waals surface area contributed by atoms with Gasteiger partial charge < -0.3 is 9.47 Å². The zero-order chi connectivity index (χ0) is 14.8. The molecule has 0 spiro atoms. The molecule has 0 fully saturated rings. The van der Waals surface area contributed by atoms with Crippen LogP contribution in [0.2, 0.25) is 0 Å². The van der Waals surface area contributed by atoms with Crippen LogP contribution in [-0.2, 0) is 15.2 Å². The van der Waals surface area contributed by atoms with E-state index in [9.17, 15) is 4.79 Å². The van der Waals surface area contributed by atoms with Gasteiger partial charge in [0.25, 0.3) is 0 Å². The first kappa shape index (κ1) is 14.2. The predicted molar refractivity (Wildman–Crippen MR) is 82.6 cm³/mol. The average Bonchev–Trinajstić information content (AvgIpc) is 2.69. The van der Waals surface area contributed by atoms with E-state index in [0.717, 1.165) is 21.8 Å². The molecular formula is C17H16O3S. The summed E-state index contributed by atoms with van der Waals surface area (Å²) in [5.41, 5.74) is 4.01. The molecule has 0 bridgehead atoms. The Labute approximate surface area is 128 Å². The predicted octanol–water partition coefficient (Wildman–Crippen LogP) is 3.81. The van der Waals surface area contributed by atoms with Gasteiger partial charge >= 0.3 is 5.97 Å². The van der Waals surface area contributed by atoms with Gasteiger partial charge in [0.2, 0.25) is 0 Å². The van der Waals surface area contributed by atoms with Crippen LogP contribution in [0.3, 0.4) is 0 Å². The molecule has 1 aliphatic heterocycles. The number of rotatable bonds is 2. The van der Waals surface area contributed by atoms with E-state index in [-0.39, 0.29) is 12.1 Å². The lowest BCUT2D eigenvalue weighted by molar-refractivity contribution is 0.0600. The summed E-state index contributed by atoms with van der Waals surface area (Å²) < 4.78 is 10.5. The van der Waals surface area contributed by atoms with Gasteiger partial charge in [0, 0.05) is 17.8 Å². The molecule has 108 valence electrons. The highest BCUT2D eigenvalue weighted by molar-refractivity contribution is 7.98. The number of methoxy groups -OCH3 is 2. The smallest absolute Gasteiger partial charge is 0.337 e. The van der Waals surface area contributed by atoms with E-state index in [4.69, 9.17) is 9.47 Å². The largest absolute Gasteiger partial charge is 0.465 e. The van der Waals surface area contributed by atoms with Crippen LogP contribution >= 0.6 is 11.8 Å². The fraction of sp³-hybridized carbons (Fsp3) is 0.235. The number of esters is 1. The summed E-state index contributed by atoms with van der Waals surface area (Å²) >= 11 is 1.77. The summed E-state index contributed by atoms with van der Waals surface area (Å²) in [6.45, 7) is 0. The lowest BCUT2D eigenvalue weighted by Crippen LogP contribution is -2.08. The summed E-state index contributed by atoms with van der Waals surface area (Å²) in [4.78, 5) is 12.9. The Morgan fingerprint density at radius 2 is 1.95 bits per heavy atom. The van der Waals surface area contributed by atoms with Crippen molar-refractivity contribution in [3.8, 4) is 0 Å². The SMILES string of the molecule is COC(=O)c1ccc2c(c1)[C@H](OC)c1ccccc1CS2. The van der Waals surface area contributed by atoms with Crippen LogP contribution < -0.4 is 0 Å². The van der Waals surface area contributed by atoms with Crippen molar-refractivity contribution in [2.45, 2.75) is 16.8 Å². The maximum atomic E-state index is 11.8. The van der Waals surface area contributed by atoms with Gasteiger partial charge in [-0.15, -0.1) is 11.8 Å². The number of thioether (sulfide) groups is 1. The first-order valence-electron chi connectivity index (χ1n) is 6.70. The molecule has 21 heavy (non-hydrogen) atoms. The quantitative estimate of drug-likeness (QED) is 0.790. The average molecular weight is 300 g/mol. The summed E-state index contributed by atoms with van der Waals surface area (Å²) in [5, 5.41) is 0. The van der Waals surface area contributed by atoms with Gasteiger partial charge in [0.1, 0.15) is 6.10 Å². The minimum atomic E-state index is -0.324. The van der Waals surface area contributed by atoms with Crippen LogP contribution in [-0.4, -0.2) is 20.2 Å². The molecule has 0 unspecified atom stereocenters. The molecular weight excluding hydrogens is 284 g/mol. The molecule has 0 saturated heterocycles. The lowest BCUT2D eigenvalue weighted by atomic mass is 9.96. The van der Waals surface area contributed by atoms with E-state index in [1.54, 1.807) is 24.9 Å². The van der Waals surface area contributed by atoms with Crippen molar-refractivity contribution >= 4 is 17.7 Å². The highest BCUT2D eigenvalue weighted by Gasteiger charge is 2.24. The Kier molecular flexibility index (Phi) is 3.99. The van der Waals surface area contributed by atoms with Crippen molar-refractivity contribution in [3.63, 3.8) is 0 Å². The zero-order valence-corrected chi connectivity index (χ0v) is 12.8. The minimum Gasteiger partial charge on any atom is -0.465 e. The number of benzene rings is 2. The van der Waals surface area contributed by atoms with Gasteiger partial charge in [-0.3, -0.25) is 0 Å². The van der Waals surface area contributed by atoms with Gasteiger partial charge in [-0.2, -0.15) is 0 Å². The molecule has 1 aliphatic rings. The number of hydrogen-bond acceptors (Lipinski definition) is 4.